The topological polar surface area (TPSA) is 117 Å². The molecule has 0 saturated carbocycles. The Morgan fingerprint density at radius 1 is 1.05 bits per heavy atom. The molecule has 2 rings (SSSR count). The van der Waals surface area contributed by atoms with Crippen molar-refractivity contribution >= 4 is 20.7 Å². The molecule has 0 fully saturated rings. The van der Waals surface area contributed by atoms with Crippen LogP contribution in [0.25, 0.3) is 10.6 Å². The molecule has 10 heteroatoms. The first-order valence-electron chi connectivity index (χ1n) is 5.44. The molecule has 0 bridgehead atoms. The molecule has 0 unspecified atom stereocenters. The summed E-state index contributed by atoms with van der Waals surface area (Å²) >= 11 is 0. The summed E-state index contributed by atoms with van der Waals surface area (Å²) in [6.45, 7) is 0. The standard InChI is InChI=1S/C11H13N2OS2.ClHO4/c1-13(2)11-12-10(15-16-11)8-4-6-9(14-3)7-5-8;2-1(3,4)5/h4-7H,1-3H3;(H,2,3,4,5)/q+1;/p-1. The molecule has 7 nitrogen and oxygen atoms in total. The summed E-state index contributed by atoms with van der Waals surface area (Å²) in [5, 5.41) is 1.05. The van der Waals surface area contributed by atoms with Gasteiger partial charge in [0.25, 0.3) is 0 Å². The van der Waals surface area contributed by atoms with Gasteiger partial charge in [-0.15, -0.1) is 10.2 Å². The minimum absolute atomic E-state index is 0.872. The summed E-state index contributed by atoms with van der Waals surface area (Å²) in [7, 11) is 4.11. The normalized spacial score (nSPS) is 10.6. The van der Waals surface area contributed by atoms with Crippen LogP contribution in [0.5, 0.6) is 5.75 Å². The van der Waals surface area contributed by atoms with Crippen LogP contribution in [0.3, 0.4) is 0 Å². The van der Waals surface area contributed by atoms with E-state index in [9.17, 15) is 0 Å². The molecular weight excluding hydrogens is 340 g/mol. The molecule has 1 heterocycles. The summed E-state index contributed by atoms with van der Waals surface area (Å²) in [6.07, 6.45) is 0. The van der Waals surface area contributed by atoms with E-state index >= 15 is 0 Å². The van der Waals surface area contributed by atoms with E-state index in [2.05, 4.69) is 4.98 Å². The lowest BCUT2D eigenvalue weighted by atomic mass is 10.2. The maximum Gasteiger partial charge on any atom is 0.388 e. The smallest absolute Gasteiger partial charge is 0.388 e. The third kappa shape index (κ3) is 6.96. The van der Waals surface area contributed by atoms with Gasteiger partial charge in [0, 0.05) is 15.9 Å². The Balaban J connectivity index is 0.000000383. The van der Waals surface area contributed by atoms with Crippen LogP contribution in [0, 0.1) is 10.2 Å². The molecule has 116 valence electrons. The Morgan fingerprint density at radius 3 is 1.95 bits per heavy atom. The van der Waals surface area contributed by atoms with E-state index in [4.69, 9.17) is 23.4 Å². The molecule has 1 aromatic heterocycles. The van der Waals surface area contributed by atoms with E-state index in [0.29, 0.717) is 0 Å². The molecule has 0 radical (unpaired) electrons. The van der Waals surface area contributed by atoms with E-state index in [1.165, 1.54) is 0 Å². The number of methoxy groups -OCH3 is 1. The lowest BCUT2D eigenvalue weighted by Crippen LogP contribution is -2.68. The molecule has 0 aliphatic carbocycles. The van der Waals surface area contributed by atoms with Crippen LogP contribution in [0.2, 0.25) is 0 Å². The molecule has 0 aliphatic heterocycles. The maximum absolute atomic E-state index is 8.49. The van der Waals surface area contributed by atoms with Crippen LogP contribution >= 0.6 is 20.7 Å². The van der Waals surface area contributed by atoms with E-state index in [-0.39, 0.29) is 0 Å². The molecule has 21 heavy (non-hydrogen) atoms. The number of ether oxygens (including phenoxy) is 1. The molecule has 0 N–H and O–H groups in total. The number of hydrogen-bond donors (Lipinski definition) is 0. The minimum atomic E-state index is -4.94. The minimum Gasteiger partial charge on any atom is -0.497 e. The fourth-order valence-corrected chi connectivity index (χ4v) is 3.49. The van der Waals surface area contributed by atoms with Gasteiger partial charge in [0.15, 0.2) is 0 Å². The highest BCUT2D eigenvalue weighted by Gasteiger charge is 2.10. The number of nitrogens with zero attached hydrogens (tertiary/aromatic N) is 2. The van der Waals surface area contributed by atoms with Gasteiger partial charge in [-0.2, -0.15) is 0 Å². The van der Waals surface area contributed by atoms with Crippen molar-refractivity contribution in [1.29, 1.82) is 0 Å². The van der Waals surface area contributed by atoms with E-state index in [0.717, 1.165) is 21.1 Å². The second-order valence-electron chi connectivity index (χ2n) is 3.87. The summed E-state index contributed by atoms with van der Waals surface area (Å²) in [4.78, 5) is 5.60. The van der Waals surface area contributed by atoms with Gasteiger partial charge in [0.2, 0.25) is 5.01 Å². The zero-order chi connectivity index (χ0) is 16.0. The van der Waals surface area contributed by atoms with Crippen LogP contribution in [-0.4, -0.2) is 26.2 Å². The van der Waals surface area contributed by atoms with Gasteiger partial charge in [-0.3, -0.25) is 4.58 Å². The number of aromatic nitrogens is 1. The van der Waals surface area contributed by atoms with Crippen molar-refractivity contribution in [3.63, 3.8) is 0 Å². The first-order valence-corrected chi connectivity index (χ1v) is 8.83. The van der Waals surface area contributed by atoms with Crippen LogP contribution < -0.4 is 32.7 Å². The van der Waals surface area contributed by atoms with Gasteiger partial charge in [0.1, 0.15) is 5.75 Å². The van der Waals surface area contributed by atoms with Gasteiger partial charge < -0.3 is 4.74 Å². The number of halogens is 1. The Kier molecular flexibility index (Phi) is 6.68. The van der Waals surface area contributed by atoms with E-state index in [1.54, 1.807) is 27.8 Å². The summed E-state index contributed by atoms with van der Waals surface area (Å²) < 4.78 is 41.1. The third-order valence-corrected chi connectivity index (χ3v) is 4.46. The SMILES string of the molecule is COc1ccc(-c2nc(=[N+](C)C)ss2)cc1.[O-][Cl+3]([O-])([O-])[O-]. The van der Waals surface area contributed by atoms with Crippen molar-refractivity contribution in [3.05, 3.63) is 29.1 Å². The fraction of sp³-hybridized carbons (Fsp3) is 0.273. The van der Waals surface area contributed by atoms with Crippen LogP contribution in [0.4, 0.5) is 0 Å². The van der Waals surface area contributed by atoms with E-state index in [1.807, 2.05) is 42.9 Å². The molecule has 0 aliphatic rings. The molecule has 1 aromatic carbocycles. The third-order valence-electron chi connectivity index (χ3n) is 2.11. The summed E-state index contributed by atoms with van der Waals surface area (Å²) in [5.41, 5.74) is 1.13. The van der Waals surface area contributed by atoms with Gasteiger partial charge in [-0.05, 0) is 39.6 Å². The zero-order valence-electron chi connectivity index (χ0n) is 11.4. The Labute approximate surface area is 130 Å². The quantitative estimate of drug-likeness (QED) is 0.424. The number of hydrogen-bond acceptors (Lipinski definition) is 8. The second kappa shape index (κ2) is 7.80. The highest BCUT2D eigenvalue weighted by molar-refractivity contribution is 7.69. The second-order valence-corrected chi connectivity index (χ2v) is 6.71. The van der Waals surface area contributed by atoms with Gasteiger partial charge in [-0.25, -0.2) is 18.6 Å². The van der Waals surface area contributed by atoms with Crippen molar-refractivity contribution in [3.8, 4) is 16.3 Å². The van der Waals surface area contributed by atoms with E-state index < -0.39 is 10.2 Å². The Morgan fingerprint density at radius 2 is 1.57 bits per heavy atom. The average Bonchev–Trinajstić information content (AvgIpc) is 2.86. The average molecular weight is 353 g/mol. The fourth-order valence-electron chi connectivity index (χ4n) is 1.22. The van der Waals surface area contributed by atoms with Crippen LogP contribution in [0.15, 0.2) is 24.3 Å². The van der Waals surface area contributed by atoms with Crippen molar-refractivity contribution in [2.75, 3.05) is 21.2 Å². The lowest BCUT2D eigenvalue weighted by molar-refractivity contribution is -2.00. The molecule has 2 aromatic rings. The Bertz CT molecular complexity index is 623. The van der Waals surface area contributed by atoms with Crippen LogP contribution in [-0.2, 0) is 0 Å². The molecule has 0 saturated heterocycles. The number of rotatable bonds is 2. The molecule has 0 atom stereocenters. The zero-order valence-corrected chi connectivity index (χ0v) is 13.8. The lowest BCUT2D eigenvalue weighted by Gasteiger charge is -2.17. The first-order chi connectivity index (χ1) is 9.70. The largest absolute Gasteiger partial charge is 0.497 e. The predicted octanol–water partition coefficient (Wildman–Crippen LogP) is -2.84. The maximum atomic E-state index is 8.49. The number of benzene rings is 1. The summed E-state index contributed by atoms with van der Waals surface area (Å²) in [6, 6.07) is 7.97. The van der Waals surface area contributed by atoms with Gasteiger partial charge in [-0.1, -0.05) is 0 Å². The first kappa shape index (κ1) is 18.0. The van der Waals surface area contributed by atoms with Crippen molar-refractivity contribution in [1.82, 2.24) is 9.56 Å². The summed E-state index contributed by atoms with van der Waals surface area (Å²) in [5.74, 6) is 0.872. The monoisotopic (exact) mass is 352 g/mol. The van der Waals surface area contributed by atoms with Crippen molar-refractivity contribution in [2.24, 2.45) is 0 Å². The predicted molar refractivity (Wildman–Crippen MR) is 69.1 cm³/mol. The highest BCUT2D eigenvalue weighted by Crippen LogP contribution is 2.24. The van der Waals surface area contributed by atoms with Gasteiger partial charge >= 0.3 is 4.80 Å². The van der Waals surface area contributed by atoms with Crippen molar-refractivity contribution in [2.45, 2.75) is 0 Å². The van der Waals surface area contributed by atoms with Crippen LogP contribution in [0.1, 0.15) is 0 Å². The van der Waals surface area contributed by atoms with Gasteiger partial charge in [0.05, 0.1) is 21.2 Å². The molecule has 0 amide bonds. The molecule has 0 spiro atoms. The highest BCUT2D eigenvalue weighted by atomic mass is 35.7. The Hall–Kier alpha value is -1.07. The van der Waals surface area contributed by atoms with Crippen molar-refractivity contribution < 1.29 is 33.6 Å². The molecular formula is C11H13ClN2O5S2.